The van der Waals surface area contributed by atoms with Crippen molar-refractivity contribution in [3.63, 3.8) is 0 Å². The van der Waals surface area contributed by atoms with Crippen LogP contribution in [0.4, 0.5) is 32.0 Å². The topological polar surface area (TPSA) is 96.5 Å². The minimum atomic E-state index is -4.71. The lowest BCUT2D eigenvalue weighted by Gasteiger charge is -2.18. The highest BCUT2D eigenvalue weighted by Crippen LogP contribution is 2.50. The van der Waals surface area contributed by atoms with Crippen LogP contribution in [0, 0.1) is 5.82 Å². The molecule has 1 aliphatic rings. The molecule has 37 heavy (non-hydrogen) atoms. The Hall–Kier alpha value is -4.29. The van der Waals surface area contributed by atoms with Gasteiger partial charge in [0.1, 0.15) is 11.5 Å². The predicted octanol–water partition coefficient (Wildman–Crippen LogP) is 5.69. The van der Waals surface area contributed by atoms with Gasteiger partial charge in [-0.25, -0.2) is 13.2 Å². The van der Waals surface area contributed by atoms with Crippen molar-refractivity contribution < 1.29 is 31.1 Å². The molecule has 2 aromatic carbocycles. The van der Waals surface area contributed by atoms with E-state index in [0.717, 1.165) is 12.1 Å². The Morgan fingerprint density at radius 3 is 2.43 bits per heavy atom. The van der Waals surface area contributed by atoms with Crippen molar-refractivity contribution in [2.24, 2.45) is 0 Å². The van der Waals surface area contributed by atoms with E-state index in [0.29, 0.717) is 22.8 Å². The van der Waals surface area contributed by atoms with Gasteiger partial charge in [-0.1, -0.05) is 12.1 Å². The second-order valence-electron chi connectivity index (χ2n) is 8.49. The highest BCUT2D eigenvalue weighted by Gasteiger charge is 2.53. The summed E-state index contributed by atoms with van der Waals surface area (Å²) >= 11 is 0. The second-order valence-corrected chi connectivity index (χ2v) is 8.49. The first-order chi connectivity index (χ1) is 17.6. The molecule has 2 heterocycles. The van der Waals surface area contributed by atoms with Crippen molar-refractivity contribution >= 4 is 11.6 Å². The number of aromatic nitrogens is 5. The molecule has 13 heteroatoms. The highest BCUT2D eigenvalue weighted by molar-refractivity contribution is 6.02. The number of nitrogens with one attached hydrogen (secondary N) is 2. The molecule has 0 bridgehead atoms. The zero-order valence-electron chi connectivity index (χ0n) is 18.7. The zero-order valence-corrected chi connectivity index (χ0v) is 18.7. The third-order valence-corrected chi connectivity index (χ3v) is 6.18. The van der Waals surface area contributed by atoms with Crippen molar-refractivity contribution in [3.8, 4) is 22.5 Å². The number of alkyl halides is 5. The maximum absolute atomic E-state index is 14.6. The SMILES string of the molecule is O=C(Nc1ccc(-c2ccnc(C(F)F)c2)c(-c2nn[nH]n2)c1)C1(c2ccc(C(F)(F)F)cc2F)CC1. The summed E-state index contributed by atoms with van der Waals surface area (Å²) in [5, 5.41) is 16.4. The van der Waals surface area contributed by atoms with Crippen molar-refractivity contribution in [1.29, 1.82) is 0 Å². The number of rotatable bonds is 6. The number of carbonyl (C=O) groups is 1. The fraction of sp³-hybridized carbons (Fsp3) is 0.208. The standard InChI is InChI=1S/C24H16F6N6O/c25-18-10-13(24(28,29)30)1-4-17(18)23(6-7-23)22(37)32-14-2-3-15(16(11-14)21-33-35-36-34-21)12-5-8-31-19(9-12)20(26)27/h1-5,8-11,20H,6-7H2,(H,32,37)(H,33,34,35,36). The van der Waals surface area contributed by atoms with E-state index in [1.165, 1.54) is 30.5 Å². The number of anilines is 1. The summed E-state index contributed by atoms with van der Waals surface area (Å²) < 4.78 is 79.8. The lowest BCUT2D eigenvalue weighted by Crippen LogP contribution is -2.29. The van der Waals surface area contributed by atoms with E-state index < -0.39 is 41.0 Å². The third kappa shape index (κ3) is 4.63. The Labute approximate surface area is 204 Å². The molecule has 0 atom stereocenters. The van der Waals surface area contributed by atoms with Gasteiger partial charge in [-0.2, -0.15) is 18.4 Å². The van der Waals surface area contributed by atoms with Gasteiger partial charge >= 0.3 is 6.18 Å². The van der Waals surface area contributed by atoms with E-state index in [1.807, 2.05) is 0 Å². The minimum Gasteiger partial charge on any atom is -0.325 e. The number of amides is 1. The fourth-order valence-electron chi connectivity index (χ4n) is 4.14. The van der Waals surface area contributed by atoms with Gasteiger partial charge in [0.05, 0.1) is 11.0 Å². The number of nitrogens with zero attached hydrogens (tertiary/aromatic N) is 4. The first-order valence-electron chi connectivity index (χ1n) is 10.9. The average Bonchev–Trinajstić information content (AvgIpc) is 3.48. The molecule has 7 nitrogen and oxygen atoms in total. The molecular formula is C24H16F6N6O. The van der Waals surface area contributed by atoms with Crippen LogP contribution in [0.1, 0.15) is 36.1 Å². The molecule has 190 valence electrons. The van der Waals surface area contributed by atoms with Crippen LogP contribution >= 0.6 is 0 Å². The Morgan fingerprint density at radius 1 is 1.03 bits per heavy atom. The molecule has 4 aromatic rings. The van der Waals surface area contributed by atoms with Gasteiger partial charge in [0.2, 0.25) is 11.7 Å². The van der Waals surface area contributed by atoms with Crippen LogP contribution < -0.4 is 5.32 Å². The predicted molar refractivity (Wildman–Crippen MR) is 119 cm³/mol. The Kier molecular flexibility index (Phi) is 5.92. The smallest absolute Gasteiger partial charge is 0.325 e. The highest BCUT2D eigenvalue weighted by atomic mass is 19.4. The van der Waals surface area contributed by atoms with Crippen molar-refractivity contribution in [2.75, 3.05) is 5.32 Å². The number of hydrogen-bond acceptors (Lipinski definition) is 5. The molecular weight excluding hydrogens is 502 g/mol. The first kappa shape index (κ1) is 24.4. The molecule has 0 spiro atoms. The van der Waals surface area contributed by atoms with Crippen molar-refractivity contribution in [2.45, 2.75) is 30.9 Å². The molecule has 5 rings (SSSR count). The molecule has 1 fully saturated rings. The number of tetrazole rings is 1. The van der Waals surface area contributed by atoms with Gasteiger partial charge in [0, 0.05) is 23.0 Å². The van der Waals surface area contributed by atoms with E-state index in [2.05, 4.69) is 30.9 Å². The van der Waals surface area contributed by atoms with Gasteiger partial charge in [-0.05, 0) is 65.6 Å². The zero-order chi connectivity index (χ0) is 26.4. The molecule has 2 aromatic heterocycles. The van der Waals surface area contributed by atoms with Crippen LogP contribution in [0.2, 0.25) is 0 Å². The van der Waals surface area contributed by atoms with Crippen LogP contribution in [-0.2, 0) is 16.4 Å². The molecule has 0 saturated heterocycles. The largest absolute Gasteiger partial charge is 0.416 e. The number of benzene rings is 2. The van der Waals surface area contributed by atoms with Crippen LogP contribution in [0.15, 0.2) is 54.7 Å². The molecule has 1 amide bonds. The summed E-state index contributed by atoms with van der Waals surface area (Å²) in [6.07, 6.45) is -5.75. The van der Waals surface area contributed by atoms with E-state index in [-0.39, 0.29) is 29.9 Å². The van der Waals surface area contributed by atoms with Crippen molar-refractivity contribution in [3.05, 3.63) is 77.4 Å². The molecule has 1 saturated carbocycles. The molecule has 1 aliphatic carbocycles. The van der Waals surface area contributed by atoms with E-state index >= 15 is 0 Å². The fourth-order valence-corrected chi connectivity index (χ4v) is 4.14. The maximum Gasteiger partial charge on any atom is 0.416 e. The van der Waals surface area contributed by atoms with Crippen LogP contribution in [0.5, 0.6) is 0 Å². The summed E-state index contributed by atoms with van der Waals surface area (Å²) in [4.78, 5) is 16.8. The molecule has 0 radical (unpaired) electrons. The lowest BCUT2D eigenvalue weighted by atomic mass is 9.92. The summed E-state index contributed by atoms with van der Waals surface area (Å²) in [6, 6.07) is 9.43. The van der Waals surface area contributed by atoms with E-state index in [9.17, 15) is 31.1 Å². The summed E-state index contributed by atoms with van der Waals surface area (Å²) in [5.41, 5.74) is -1.54. The normalized spacial score (nSPS) is 14.6. The Balaban J connectivity index is 1.47. The Morgan fingerprint density at radius 2 is 1.81 bits per heavy atom. The van der Waals surface area contributed by atoms with E-state index in [4.69, 9.17) is 0 Å². The van der Waals surface area contributed by atoms with Crippen LogP contribution in [-0.4, -0.2) is 31.5 Å². The van der Waals surface area contributed by atoms with Gasteiger partial charge in [0.15, 0.2) is 0 Å². The molecule has 0 aliphatic heterocycles. The third-order valence-electron chi connectivity index (χ3n) is 6.18. The quantitative estimate of drug-likeness (QED) is 0.320. The van der Waals surface area contributed by atoms with Gasteiger partial charge in [-0.3, -0.25) is 9.78 Å². The summed E-state index contributed by atoms with van der Waals surface area (Å²) in [7, 11) is 0. The maximum atomic E-state index is 14.6. The van der Waals surface area contributed by atoms with Gasteiger partial charge in [0.25, 0.3) is 6.43 Å². The summed E-state index contributed by atoms with van der Waals surface area (Å²) in [5.74, 6) is -1.59. The Bertz CT molecular complexity index is 1470. The van der Waals surface area contributed by atoms with Crippen LogP contribution in [0.3, 0.4) is 0 Å². The van der Waals surface area contributed by atoms with Crippen molar-refractivity contribution in [1.82, 2.24) is 25.6 Å². The van der Waals surface area contributed by atoms with E-state index in [1.54, 1.807) is 6.07 Å². The number of carbonyl (C=O) groups excluding carboxylic acids is 1. The van der Waals surface area contributed by atoms with Crippen LogP contribution in [0.25, 0.3) is 22.5 Å². The molecule has 0 unspecified atom stereocenters. The van der Waals surface area contributed by atoms with Gasteiger partial charge < -0.3 is 5.32 Å². The lowest BCUT2D eigenvalue weighted by molar-refractivity contribution is -0.137. The number of H-pyrrole nitrogens is 1. The number of hydrogen-bond donors (Lipinski definition) is 2. The number of aromatic amines is 1. The minimum absolute atomic E-state index is 0.121. The number of halogens is 6. The molecule has 2 N–H and O–H groups in total. The average molecular weight is 518 g/mol. The first-order valence-corrected chi connectivity index (χ1v) is 10.9. The second kappa shape index (κ2) is 8.98. The van der Waals surface area contributed by atoms with Gasteiger partial charge in [-0.15, -0.1) is 10.2 Å². The number of pyridine rings is 1. The monoisotopic (exact) mass is 518 g/mol. The summed E-state index contributed by atoms with van der Waals surface area (Å²) in [6.45, 7) is 0.